The summed E-state index contributed by atoms with van der Waals surface area (Å²) in [6.07, 6.45) is 3.79. The largest absolute Gasteiger partial charge is 0.388 e. The van der Waals surface area contributed by atoms with Crippen LogP contribution in [0.5, 0.6) is 0 Å². The van der Waals surface area contributed by atoms with Crippen molar-refractivity contribution in [3.05, 3.63) is 36.8 Å². The molecule has 0 saturated heterocycles. The number of nitrogens with zero attached hydrogens (tertiary/aromatic N) is 2. The number of nitrogens with one attached hydrogen (secondary N) is 1. The third kappa shape index (κ3) is 1.94. The average Bonchev–Trinajstić information content (AvgIpc) is 2.78. The van der Waals surface area contributed by atoms with Gasteiger partial charge in [0.25, 0.3) is 0 Å². The summed E-state index contributed by atoms with van der Waals surface area (Å²) in [5.74, 6) is 0. The van der Waals surface area contributed by atoms with Crippen LogP contribution in [0.25, 0.3) is 11.3 Å². The van der Waals surface area contributed by atoms with Crippen LogP contribution < -0.4 is 5.32 Å². The van der Waals surface area contributed by atoms with E-state index in [4.69, 9.17) is 0 Å². The Morgan fingerprint density at radius 3 is 2.81 bits per heavy atom. The van der Waals surface area contributed by atoms with Gasteiger partial charge in [-0.2, -0.15) is 0 Å². The van der Waals surface area contributed by atoms with Gasteiger partial charge in [-0.1, -0.05) is 12.1 Å². The summed E-state index contributed by atoms with van der Waals surface area (Å²) < 4.78 is 2.18. The number of hydrogen-bond donors (Lipinski definition) is 1. The number of anilines is 1. The molecule has 2 aromatic rings. The first kappa shape index (κ1) is 10.7. The predicted octanol–water partition coefficient (Wildman–Crippen LogP) is 3.17. The van der Waals surface area contributed by atoms with Gasteiger partial charge in [0.05, 0.1) is 18.2 Å². The van der Waals surface area contributed by atoms with Gasteiger partial charge in [0, 0.05) is 24.3 Å². The minimum atomic E-state index is 0.427. The van der Waals surface area contributed by atoms with Gasteiger partial charge in [-0.3, -0.25) is 0 Å². The van der Waals surface area contributed by atoms with Crippen molar-refractivity contribution < 1.29 is 0 Å². The quantitative estimate of drug-likeness (QED) is 0.852. The van der Waals surface area contributed by atoms with Crippen molar-refractivity contribution >= 4 is 5.69 Å². The second-order valence-electron chi connectivity index (χ2n) is 4.11. The van der Waals surface area contributed by atoms with Crippen LogP contribution in [-0.4, -0.2) is 16.6 Å². The van der Waals surface area contributed by atoms with Crippen LogP contribution in [0.3, 0.4) is 0 Å². The van der Waals surface area contributed by atoms with Gasteiger partial charge in [0.15, 0.2) is 0 Å². The van der Waals surface area contributed by atoms with E-state index in [0.29, 0.717) is 6.04 Å². The molecule has 0 spiro atoms. The van der Waals surface area contributed by atoms with Crippen LogP contribution in [0.1, 0.15) is 19.9 Å². The zero-order valence-corrected chi connectivity index (χ0v) is 9.94. The Morgan fingerprint density at radius 1 is 1.31 bits per heavy atom. The Bertz CT molecular complexity index is 472. The van der Waals surface area contributed by atoms with Gasteiger partial charge >= 0.3 is 0 Å². The summed E-state index contributed by atoms with van der Waals surface area (Å²) in [7, 11) is 1.93. The summed E-state index contributed by atoms with van der Waals surface area (Å²) in [6.45, 7) is 4.32. The average molecular weight is 215 g/mol. The topological polar surface area (TPSA) is 29.9 Å². The summed E-state index contributed by atoms with van der Waals surface area (Å²) in [5, 5.41) is 3.15. The van der Waals surface area contributed by atoms with Crippen molar-refractivity contribution in [3.63, 3.8) is 0 Å². The number of rotatable bonds is 3. The van der Waals surface area contributed by atoms with E-state index in [1.807, 2.05) is 19.6 Å². The van der Waals surface area contributed by atoms with Gasteiger partial charge in [0.2, 0.25) is 0 Å². The summed E-state index contributed by atoms with van der Waals surface area (Å²) in [5.41, 5.74) is 3.47. The zero-order valence-electron chi connectivity index (χ0n) is 9.94. The van der Waals surface area contributed by atoms with E-state index in [1.165, 1.54) is 5.56 Å². The molecule has 0 aliphatic carbocycles. The van der Waals surface area contributed by atoms with Gasteiger partial charge in [-0.15, -0.1) is 0 Å². The van der Waals surface area contributed by atoms with Crippen LogP contribution in [0, 0.1) is 0 Å². The lowest BCUT2D eigenvalue weighted by atomic mass is 10.1. The number of aromatic nitrogens is 2. The van der Waals surface area contributed by atoms with Crippen LogP contribution in [0.4, 0.5) is 5.69 Å². The highest BCUT2D eigenvalue weighted by molar-refractivity contribution is 5.65. The molecule has 3 heteroatoms. The van der Waals surface area contributed by atoms with E-state index < -0.39 is 0 Å². The van der Waals surface area contributed by atoms with Gasteiger partial charge < -0.3 is 9.88 Å². The molecule has 2 rings (SSSR count). The van der Waals surface area contributed by atoms with E-state index >= 15 is 0 Å². The zero-order chi connectivity index (χ0) is 11.5. The van der Waals surface area contributed by atoms with Crippen LogP contribution in [-0.2, 0) is 0 Å². The van der Waals surface area contributed by atoms with Gasteiger partial charge in [-0.05, 0) is 26.0 Å². The molecule has 0 amide bonds. The van der Waals surface area contributed by atoms with Crippen molar-refractivity contribution in [1.82, 2.24) is 9.55 Å². The summed E-state index contributed by atoms with van der Waals surface area (Å²) >= 11 is 0. The number of imidazole rings is 1. The molecular weight excluding hydrogens is 198 g/mol. The van der Waals surface area contributed by atoms with Crippen LogP contribution >= 0.6 is 0 Å². The number of benzene rings is 1. The molecule has 1 heterocycles. The van der Waals surface area contributed by atoms with Crippen molar-refractivity contribution in [2.24, 2.45) is 0 Å². The van der Waals surface area contributed by atoms with E-state index in [0.717, 1.165) is 11.4 Å². The molecular formula is C13H17N3. The molecule has 0 aliphatic rings. The molecule has 3 nitrogen and oxygen atoms in total. The molecule has 1 N–H and O–H groups in total. The SMILES string of the molecule is CNc1cccc(-c2cncn2C(C)C)c1. The maximum atomic E-state index is 4.22. The Hall–Kier alpha value is -1.77. The molecule has 84 valence electrons. The summed E-state index contributed by atoms with van der Waals surface area (Å²) in [6, 6.07) is 8.78. The maximum Gasteiger partial charge on any atom is 0.0953 e. The van der Waals surface area contributed by atoms with Crippen LogP contribution in [0.2, 0.25) is 0 Å². The van der Waals surface area contributed by atoms with Crippen molar-refractivity contribution in [3.8, 4) is 11.3 Å². The van der Waals surface area contributed by atoms with Crippen molar-refractivity contribution in [2.45, 2.75) is 19.9 Å². The fraction of sp³-hybridized carbons (Fsp3) is 0.308. The molecule has 0 bridgehead atoms. The highest BCUT2D eigenvalue weighted by atomic mass is 15.1. The Balaban J connectivity index is 2.46. The van der Waals surface area contributed by atoms with Gasteiger partial charge in [0.1, 0.15) is 0 Å². The summed E-state index contributed by atoms with van der Waals surface area (Å²) in [4.78, 5) is 4.22. The lowest BCUT2D eigenvalue weighted by Gasteiger charge is -2.12. The lowest BCUT2D eigenvalue weighted by Crippen LogP contribution is -2.01. The highest BCUT2D eigenvalue weighted by Gasteiger charge is 2.07. The van der Waals surface area contributed by atoms with Crippen LogP contribution in [0.15, 0.2) is 36.8 Å². The first-order valence-corrected chi connectivity index (χ1v) is 5.52. The minimum Gasteiger partial charge on any atom is -0.388 e. The Labute approximate surface area is 96.1 Å². The minimum absolute atomic E-state index is 0.427. The van der Waals surface area contributed by atoms with E-state index in [1.54, 1.807) is 0 Å². The Kier molecular flexibility index (Phi) is 2.95. The van der Waals surface area contributed by atoms with Crippen molar-refractivity contribution in [1.29, 1.82) is 0 Å². The molecule has 0 fully saturated rings. The van der Waals surface area contributed by atoms with E-state index in [-0.39, 0.29) is 0 Å². The lowest BCUT2D eigenvalue weighted by molar-refractivity contribution is 0.605. The normalized spacial score (nSPS) is 10.8. The third-order valence-electron chi connectivity index (χ3n) is 2.67. The van der Waals surface area contributed by atoms with E-state index in [9.17, 15) is 0 Å². The fourth-order valence-electron chi connectivity index (χ4n) is 1.77. The standard InChI is InChI=1S/C13H17N3/c1-10(2)16-9-15-8-13(16)11-5-4-6-12(7-11)14-3/h4-10,14H,1-3H3. The highest BCUT2D eigenvalue weighted by Crippen LogP contribution is 2.24. The van der Waals surface area contributed by atoms with E-state index in [2.05, 4.69) is 53.0 Å². The molecule has 0 saturated carbocycles. The third-order valence-corrected chi connectivity index (χ3v) is 2.67. The monoisotopic (exact) mass is 215 g/mol. The first-order valence-electron chi connectivity index (χ1n) is 5.52. The molecule has 0 radical (unpaired) electrons. The maximum absolute atomic E-state index is 4.22. The second kappa shape index (κ2) is 4.39. The predicted molar refractivity (Wildman–Crippen MR) is 67.6 cm³/mol. The fourth-order valence-corrected chi connectivity index (χ4v) is 1.77. The molecule has 0 aliphatic heterocycles. The first-order chi connectivity index (χ1) is 7.72. The Morgan fingerprint density at radius 2 is 2.12 bits per heavy atom. The molecule has 1 aromatic carbocycles. The molecule has 1 aromatic heterocycles. The number of hydrogen-bond acceptors (Lipinski definition) is 2. The molecule has 16 heavy (non-hydrogen) atoms. The molecule has 0 unspecified atom stereocenters. The smallest absolute Gasteiger partial charge is 0.0953 e. The second-order valence-corrected chi connectivity index (χ2v) is 4.11. The van der Waals surface area contributed by atoms with Gasteiger partial charge in [-0.25, -0.2) is 4.98 Å². The van der Waals surface area contributed by atoms with Crippen molar-refractivity contribution in [2.75, 3.05) is 12.4 Å². The molecule has 0 atom stereocenters.